The molecule has 3 aromatic rings. The second kappa shape index (κ2) is 10.2. The van der Waals surface area contributed by atoms with Crippen molar-refractivity contribution in [1.82, 2.24) is 9.80 Å². The highest BCUT2D eigenvalue weighted by atomic mass is 16.5. The number of benzene rings is 2. The van der Waals surface area contributed by atoms with E-state index in [0.717, 1.165) is 11.8 Å². The van der Waals surface area contributed by atoms with Gasteiger partial charge in [-0.1, -0.05) is 29.8 Å². The molecule has 8 heteroatoms. The molecule has 5 rings (SSSR count). The van der Waals surface area contributed by atoms with E-state index in [1.807, 2.05) is 37.4 Å². The van der Waals surface area contributed by atoms with Crippen molar-refractivity contribution in [3.8, 4) is 5.75 Å². The summed E-state index contributed by atoms with van der Waals surface area (Å²) < 4.78 is 11.2. The van der Waals surface area contributed by atoms with Gasteiger partial charge in [-0.2, -0.15) is 0 Å². The topological polar surface area (TPSA) is 87.7 Å². The summed E-state index contributed by atoms with van der Waals surface area (Å²) in [5.41, 5.74) is 3.58. The number of furan rings is 1. The minimum Gasteiger partial charge on any atom is -0.497 e. The Kier molecular flexibility index (Phi) is 6.82. The number of fused-ring (bicyclic) bond motifs is 1. The number of amides is 2. The second-order valence-corrected chi connectivity index (χ2v) is 9.79. The number of aliphatic imine (C=N–C) groups is 2. The monoisotopic (exact) mass is 500 g/mol. The van der Waals surface area contributed by atoms with Crippen molar-refractivity contribution in [2.24, 2.45) is 9.98 Å². The lowest BCUT2D eigenvalue weighted by Gasteiger charge is -2.39. The van der Waals surface area contributed by atoms with Gasteiger partial charge in [0.25, 0.3) is 11.8 Å². The number of nitrogens with zero attached hydrogens (tertiary/aromatic N) is 4. The van der Waals surface area contributed by atoms with Crippen LogP contribution in [-0.2, 0) is 4.79 Å². The summed E-state index contributed by atoms with van der Waals surface area (Å²) in [4.78, 5) is 39.5. The molecule has 2 aliphatic rings. The van der Waals surface area contributed by atoms with Crippen molar-refractivity contribution in [1.29, 1.82) is 0 Å². The van der Waals surface area contributed by atoms with Gasteiger partial charge in [0.15, 0.2) is 0 Å². The molecule has 2 unspecified atom stereocenters. The summed E-state index contributed by atoms with van der Waals surface area (Å²) in [7, 11) is 1.60. The maximum atomic E-state index is 13.5. The van der Waals surface area contributed by atoms with Crippen LogP contribution in [0.25, 0.3) is 11.0 Å². The first-order valence-electron chi connectivity index (χ1n) is 12.7. The average Bonchev–Trinajstić information content (AvgIpc) is 3.05. The summed E-state index contributed by atoms with van der Waals surface area (Å²) in [6.45, 7) is 7.63. The van der Waals surface area contributed by atoms with E-state index in [1.54, 1.807) is 23.8 Å². The molecule has 1 saturated heterocycles. The molecule has 2 aromatic carbocycles. The SMILES string of the molecule is COc1ccc2oc(C)c(C(=O)N3CCN(C(=O)C4=NCCC(c5cccc(C)c5)C=N4)C(C)C3)c2c1. The largest absolute Gasteiger partial charge is 0.497 e. The van der Waals surface area contributed by atoms with Crippen LogP contribution in [0.2, 0.25) is 0 Å². The number of ether oxygens (including phenoxy) is 1. The lowest BCUT2D eigenvalue weighted by molar-refractivity contribution is -0.128. The molecule has 2 aliphatic heterocycles. The highest BCUT2D eigenvalue weighted by Gasteiger charge is 2.34. The fourth-order valence-corrected chi connectivity index (χ4v) is 5.18. The first-order chi connectivity index (χ1) is 17.9. The first kappa shape index (κ1) is 24.7. The lowest BCUT2D eigenvalue weighted by Crippen LogP contribution is -2.56. The fraction of sp³-hybridized carbons (Fsp3) is 0.379. The molecular weight excluding hydrogens is 468 g/mol. The van der Waals surface area contributed by atoms with Crippen LogP contribution in [-0.4, -0.2) is 73.0 Å². The van der Waals surface area contributed by atoms with Crippen LogP contribution in [0.3, 0.4) is 0 Å². The quantitative estimate of drug-likeness (QED) is 0.532. The van der Waals surface area contributed by atoms with E-state index in [-0.39, 0.29) is 29.6 Å². The van der Waals surface area contributed by atoms with Crippen molar-refractivity contribution in [2.75, 3.05) is 33.3 Å². The minimum absolute atomic E-state index is 0.103. The zero-order valence-electron chi connectivity index (χ0n) is 21.7. The minimum atomic E-state index is -0.185. The molecular formula is C29H32N4O4. The maximum Gasteiger partial charge on any atom is 0.291 e. The zero-order chi connectivity index (χ0) is 26.1. The fourth-order valence-electron chi connectivity index (χ4n) is 5.18. The average molecular weight is 501 g/mol. The number of methoxy groups -OCH3 is 1. The van der Waals surface area contributed by atoms with E-state index in [2.05, 4.69) is 35.1 Å². The number of carbonyl (C=O) groups is 2. The summed E-state index contributed by atoms with van der Waals surface area (Å²) in [6, 6.07) is 13.6. The third-order valence-electron chi connectivity index (χ3n) is 7.20. The number of hydrogen-bond acceptors (Lipinski definition) is 6. The third kappa shape index (κ3) is 4.88. The highest BCUT2D eigenvalue weighted by Crippen LogP contribution is 2.30. The van der Waals surface area contributed by atoms with E-state index in [0.29, 0.717) is 48.8 Å². The van der Waals surface area contributed by atoms with Crippen LogP contribution >= 0.6 is 0 Å². The Morgan fingerprint density at radius 1 is 1.08 bits per heavy atom. The van der Waals surface area contributed by atoms with Crippen molar-refractivity contribution in [2.45, 2.75) is 39.2 Å². The molecule has 1 fully saturated rings. The van der Waals surface area contributed by atoms with Crippen molar-refractivity contribution in [3.05, 3.63) is 64.9 Å². The zero-order valence-corrected chi connectivity index (χ0v) is 21.7. The standard InChI is InChI=1S/C29H32N4O4/c1-18-6-5-7-21(14-18)22-10-11-30-27(31-16-22)29(35)33-13-12-32(17-19(33)2)28(34)26-20(3)37-25-9-8-23(36-4)15-24(25)26/h5-9,14-16,19,22H,10-13,17H2,1-4H3. The number of rotatable bonds is 4. The molecule has 0 aliphatic carbocycles. The number of hydrogen-bond donors (Lipinski definition) is 0. The Labute approximate surface area is 216 Å². The highest BCUT2D eigenvalue weighted by molar-refractivity contribution is 6.39. The van der Waals surface area contributed by atoms with Gasteiger partial charge < -0.3 is 19.0 Å². The van der Waals surface area contributed by atoms with Crippen LogP contribution in [0.5, 0.6) is 5.75 Å². The van der Waals surface area contributed by atoms with Crippen LogP contribution < -0.4 is 4.74 Å². The molecule has 37 heavy (non-hydrogen) atoms. The molecule has 8 nitrogen and oxygen atoms in total. The molecule has 1 aromatic heterocycles. The van der Waals surface area contributed by atoms with E-state index >= 15 is 0 Å². The van der Waals surface area contributed by atoms with Gasteiger partial charge >= 0.3 is 0 Å². The molecule has 3 heterocycles. The Morgan fingerprint density at radius 2 is 1.92 bits per heavy atom. The molecule has 192 valence electrons. The predicted molar refractivity (Wildman–Crippen MR) is 144 cm³/mol. The number of aryl methyl sites for hydroxylation is 2. The van der Waals surface area contributed by atoms with Gasteiger partial charge in [-0.15, -0.1) is 0 Å². The van der Waals surface area contributed by atoms with Crippen LogP contribution in [0.15, 0.2) is 56.9 Å². The van der Waals surface area contributed by atoms with Crippen LogP contribution in [0.1, 0.15) is 46.5 Å². The van der Waals surface area contributed by atoms with Gasteiger partial charge in [0.05, 0.1) is 12.7 Å². The second-order valence-electron chi connectivity index (χ2n) is 9.79. The van der Waals surface area contributed by atoms with Crippen LogP contribution in [0, 0.1) is 13.8 Å². The van der Waals surface area contributed by atoms with E-state index < -0.39 is 0 Å². The molecule has 0 radical (unpaired) electrons. The van der Waals surface area contributed by atoms with Gasteiger partial charge in [-0.25, -0.2) is 4.99 Å². The van der Waals surface area contributed by atoms with Gasteiger partial charge in [-0.05, 0) is 51.0 Å². The Bertz CT molecular complexity index is 1410. The molecule has 0 saturated carbocycles. The van der Waals surface area contributed by atoms with Crippen molar-refractivity contribution in [3.63, 3.8) is 0 Å². The van der Waals surface area contributed by atoms with Gasteiger partial charge in [-0.3, -0.25) is 14.6 Å². The van der Waals surface area contributed by atoms with E-state index in [9.17, 15) is 9.59 Å². The van der Waals surface area contributed by atoms with Gasteiger partial charge in [0, 0.05) is 49.7 Å². The Balaban J connectivity index is 1.28. The maximum absolute atomic E-state index is 13.5. The Morgan fingerprint density at radius 3 is 2.68 bits per heavy atom. The summed E-state index contributed by atoms with van der Waals surface area (Å²) in [5.74, 6) is 1.33. The third-order valence-corrected chi connectivity index (χ3v) is 7.20. The number of amidine groups is 1. The van der Waals surface area contributed by atoms with Gasteiger partial charge in [0.2, 0.25) is 5.84 Å². The van der Waals surface area contributed by atoms with Crippen molar-refractivity contribution >= 4 is 34.8 Å². The molecule has 0 N–H and O–H groups in total. The first-order valence-corrected chi connectivity index (χ1v) is 12.7. The molecule has 0 spiro atoms. The number of piperazine rings is 1. The van der Waals surface area contributed by atoms with E-state index in [4.69, 9.17) is 9.15 Å². The number of carbonyl (C=O) groups excluding carboxylic acids is 2. The molecule has 0 bridgehead atoms. The van der Waals surface area contributed by atoms with Gasteiger partial charge in [0.1, 0.15) is 17.1 Å². The van der Waals surface area contributed by atoms with E-state index in [1.165, 1.54) is 11.1 Å². The molecule has 2 amide bonds. The normalized spacial score (nSPS) is 20.1. The summed E-state index contributed by atoms with van der Waals surface area (Å²) >= 11 is 0. The summed E-state index contributed by atoms with van der Waals surface area (Å²) in [5, 5.41) is 0.735. The summed E-state index contributed by atoms with van der Waals surface area (Å²) in [6.07, 6.45) is 2.66. The molecule has 2 atom stereocenters. The predicted octanol–water partition coefficient (Wildman–Crippen LogP) is 4.39. The van der Waals surface area contributed by atoms with Crippen LogP contribution in [0.4, 0.5) is 0 Å². The smallest absolute Gasteiger partial charge is 0.291 e. The van der Waals surface area contributed by atoms with Crippen molar-refractivity contribution < 1.29 is 18.7 Å². The Hall–Kier alpha value is -3.94. The lowest BCUT2D eigenvalue weighted by atomic mass is 9.96.